The van der Waals surface area contributed by atoms with Gasteiger partial charge in [0.05, 0.1) is 24.2 Å². The highest BCUT2D eigenvalue weighted by atomic mass is 32.1. The zero-order chi connectivity index (χ0) is 11.5. The topological polar surface area (TPSA) is 42.4 Å². The number of aliphatic hydroxyl groups excluding tert-OH is 1. The van der Waals surface area contributed by atoms with Crippen molar-refractivity contribution in [2.45, 2.75) is 13.5 Å². The minimum Gasteiger partial charge on any atom is -0.496 e. The fourth-order valence-corrected chi connectivity index (χ4v) is 2.29. The van der Waals surface area contributed by atoms with Gasteiger partial charge in [-0.3, -0.25) is 0 Å². The molecule has 0 atom stereocenters. The van der Waals surface area contributed by atoms with Crippen molar-refractivity contribution in [2.24, 2.45) is 0 Å². The predicted molar refractivity (Wildman–Crippen MR) is 64.8 cm³/mol. The third-order valence-corrected chi connectivity index (χ3v) is 3.31. The third-order valence-electron chi connectivity index (χ3n) is 2.29. The van der Waals surface area contributed by atoms with Crippen molar-refractivity contribution in [1.29, 1.82) is 0 Å². The number of aryl methyl sites for hydroxylation is 1. The van der Waals surface area contributed by atoms with Crippen LogP contribution in [0.3, 0.4) is 0 Å². The van der Waals surface area contributed by atoms with Gasteiger partial charge in [0.25, 0.3) is 0 Å². The van der Waals surface area contributed by atoms with Crippen LogP contribution in [0.4, 0.5) is 0 Å². The number of hydrogen-bond donors (Lipinski definition) is 1. The zero-order valence-corrected chi connectivity index (χ0v) is 10.0. The lowest BCUT2D eigenvalue weighted by Crippen LogP contribution is -1.88. The van der Waals surface area contributed by atoms with Crippen LogP contribution in [0.5, 0.6) is 5.75 Å². The zero-order valence-electron chi connectivity index (χ0n) is 9.23. The molecule has 1 heterocycles. The fourth-order valence-electron chi connectivity index (χ4n) is 1.49. The van der Waals surface area contributed by atoms with E-state index in [1.165, 1.54) is 11.3 Å². The molecule has 0 saturated heterocycles. The van der Waals surface area contributed by atoms with Gasteiger partial charge in [0.1, 0.15) is 10.8 Å². The number of methoxy groups -OCH3 is 1. The summed E-state index contributed by atoms with van der Waals surface area (Å²) in [7, 11) is 1.65. The molecule has 0 aliphatic heterocycles. The number of nitrogens with zero attached hydrogens (tertiary/aromatic N) is 1. The van der Waals surface area contributed by atoms with Gasteiger partial charge in [0.2, 0.25) is 0 Å². The van der Waals surface area contributed by atoms with Gasteiger partial charge in [-0.15, -0.1) is 11.3 Å². The van der Waals surface area contributed by atoms with Gasteiger partial charge in [-0.2, -0.15) is 0 Å². The molecule has 0 aliphatic rings. The van der Waals surface area contributed by atoms with Gasteiger partial charge >= 0.3 is 0 Å². The van der Waals surface area contributed by atoms with Crippen molar-refractivity contribution in [3.8, 4) is 16.3 Å². The lowest BCUT2D eigenvalue weighted by atomic mass is 10.1. The number of aliphatic hydroxyl groups is 1. The maximum Gasteiger partial charge on any atom is 0.129 e. The first-order valence-corrected chi connectivity index (χ1v) is 5.77. The molecule has 0 bridgehead atoms. The minimum atomic E-state index is 0.0335. The van der Waals surface area contributed by atoms with Crippen molar-refractivity contribution in [1.82, 2.24) is 4.98 Å². The van der Waals surface area contributed by atoms with Crippen molar-refractivity contribution < 1.29 is 9.84 Å². The van der Waals surface area contributed by atoms with Crippen molar-refractivity contribution >= 4 is 11.3 Å². The van der Waals surface area contributed by atoms with E-state index in [0.29, 0.717) is 0 Å². The predicted octanol–water partition coefficient (Wildman–Crippen LogP) is 2.62. The summed E-state index contributed by atoms with van der Waals surface area (Å²) in [6, 6.07) is 5.98. The summed E-state index contributed by atoms with van der Waals surface area (Å²) in [6.07, 6.45) is 1.70. The van der Waals surface area contributed by atoms with E-state index < -0.39 is 0 Å². The normalized spacial score (nSPS) is 10.4. The molecule has 4 heteroatoms. The highest BCUT2D eigenvalue weighted by molar-refractivity contribution is 7.15. The van der Waals surface area contributed by atoms with Gasteiger partial charge in [0, 0.05) is 6.20 Å². The van der Waals surface area contributed by atoms with Gasteiger partial charge in [-0.25, -0.2) is 4.98 Å². The van der Waals surface area contributed by atoms with E-state index in [1.54, 1.807) is 13.3 Å². The maximum atomic E-state index is 9.02. The quantitative estimate of drug-likeness (QED) is 0.889. The molecule has 0 spiro atoms. The molecule has 16 heavy (non-hydrogen) atoms. The van der Waals surface area contributed by atoms with Crippen molar-refractivity contribution in [3.63, 3.8) is 0 Å². The van der Waals surface area contributed by atoms with E-state index in [1.807, 2.05) is 25.1 Å². The van der Waals surface area contributed by atoms with E-state index >= 15 is 0 Å². The van der Waals surface area contributed by atoms with Crippen LogP contribution >= 0.6 is 11.3 Å². The molecule has 0 aliphatic carbocycles. The fraction of sp³-hybridized carbons (Fsp3) is 0.250. The number of rotatable bonds is 3. The molecular weight excluding hydrogens is 222 g/mol. The van der Waals surface area contributed by atoms with Crippen LogP contribution in [0.1, 0.15) is 10.4 Å². The SMILES string of the molecule is COc1ccc(C)cc1-c1ncc(CO)s1. The van der Waals surface area contributed by atoms with Gasteiger partial charge in [0.15, 0.2) is 0 Å². The molecule has 1 aromatic heterocycles. The maximum absolute atomic E-state index is 9.02. The Morgan fingerprint density at radius 3 is 2.88 bits per heavy atom. The first-order chi connectivity index (χ1) is 7.74. The average Bonchev–Trinajstić information content (AvgIpc) is 2.77. The first-order valence-electron chi connectivity index (χ1n) is 4.95. The largest absolute Gasteiger partial charge is 0.496 e. The highest BCUT2D eigenvalue weighted by Crippen LogP contribution is 2.33. The van der Waals surface area contributed by atoms with Crippen LogP contribution in [0, 0.1) is 6.92 Å². The Morgan fingerprint density at radius 2 is 2.25 bits per heavy atom. The molecule has 0 unspecified atom stereocenters. The van der Waals surface area contributed by atoms with Crippen molar-refractivity contribution in [2.75, 3.05) is 7.11 Å². The van der Waals surface area contributed by atoms with E-state index in [-0.39, 0.29) is 6.61 Å². The molecule has 84 valence electrons. The van der Waals surface area contributed by atoms with E-state index in [4.69, 9.17) is 9.84 Å². The molecule has 0 amide bonds. The summed E-state index contributed by atoms with van der Waals surface area (Å²) in [4.78, 5) is 5.15. The number of benzene rings is 1. The summed E-state index contributed by atoms with van der Waals surface area (Å²) in [6.45, 7) is 2.06. The highest BCUT2D eigenvalue weighted by Gasteiger charge is 2.10. The van der Waals surface area contributed by atoms with Crippen LogP contribution in [0.2, 0.25) is 0 Å². The van der Waals surface area contributed by atoms with Crippen LogP contribution in [0.25, 0.3) is 10.6 Å². The summed E-state index contributed by atoms with van der Waals surface area (Å²) in [5.41, 5.74) is 2.14. The first kappa shape index (κ1) is 11.1. The minimum absolute atomic E-state index is 0.0335. The second kappa shape index (κ2) is 4.63. The number of aromatic nitrogens is 1. The van der Waals surface area contributed by atoms with Gasteiger partial charge < -0.3 is 9.84 Å². The van der Waals surface area contributed by atoms with Crippen LogP contribution in [0.15, 0.2) is 24.4 Å². The Balaban J connectivity index is 2.49. The monoisotopic (exact) mass is 235 g/mol. The molecule has 1 N–H and O–H groups in total. The Bertz CT molecular complexity index is 494. The molecule has 2 aromatic rings. The van der Waals surface area contributed by atoms with Crippen LogP contribution in [-0.4, -0.2) is 17.2 Å². The third kappa shape index (κ3) is 2.08. The summed E-state index contributed by atoms with van der Waals surface area (Å²) in [5.74, 6) is 0.810. The number of thiazole rings is 1. The van der Waals surface area contributed by atoms with Crippen LogP contribution < -0.4 is 4.74 Å². The lowest BCUT2D eigenvalue weighted by molar-refractivity contribution is 0.285. The molecule has 0 radical (unpaired) electrons. The summed E-state index contributed by atoms with van der Waals surface area (Å²) < 4.78 is 5.30. The summed E-state index contributed by atoms with van der Waals surface area (Å²) >= 11 is 1.48. The smallest absolute Gasteiger partial charge is 0.129 e. The Morgan fingerprint density at radius 1 is 1.44 bits per heavy atom. The molecule has 3 nitrogen and oxygen atoms in total. The average molecular weight is 235 g/mol. The molecule has 0 saturated carbocycles. The molecule has 1 aromatic carbocycles. The molecule has 2 rings (SSSR count). The van der Waals surface area contributed by atoms with E-state index in [2.05, 4.69) is 4.98 Å². The molecule has 0 fully saturated rings. The van der Waals surface area contributed by atoms with E-state index in [0.717, 1.165) is 26.8 Å². The van der Waals surface area contributed by atoms with Crippen molar-refractivity contribution in [3.05, 3.63) is 34.8 Å². The van der Waals surface area contributed by atoms with Crippen LogP contribution in [-0.2, 0) is 6.61 Å². The van der Waals surface area contributed by atoms with Gasteiger partial charge in [-0.05, 0) is 19.1 Å². The Labute approximate surface area is 98.4 Å². The second-order valence-corrected chi connectivity index (χ2v) is 4.61. The Kier molecular flexibility index (Phi) is 3.22. The standard InChI is InChI=1S/C12H13NO2S/c1-8-3-4-11(15-2)10(5-8)12-13-6-9(7-14)16-12/h3-6,14H,7H2,1-2H3. The van der Waals surface area contributed by atoms with Gasteiger partial charge in [-0.1, -0.05) is 11.6 Å². The van der Waals surface area contributed by atoms with E-state index in [9.17, 15) is 0 Å². The number of hydrogen-bond acceptors (Lipinski definition) is 4. The second-order valence-electron chi connectivity index (χ2n) is 3.49. The molecular formula is C12H13NO2S. The summed E-state index contributed by atoms with van der Waals surface area (Å²) in [5, 5.41) is 9.90. The number of ether oxygens (including phenoxy) is 1. The Hall–Kier alpha value is -1.39. The lowest BCUT2D eigenvalue weighted by Gasteiger charge is -2.06.